The van der Waals surface area contributed by atoms with Crippen molar-refractivity contribution in [1.29, 1.82) is 0 Å². The van der Waals surface area contributed by atoms with Crippen LogP contribution in [0.15, 0.2) is 35.5 Å². The average molecular weight is 359 g/mol. The fourth-order valence-corrected chi connectivity index (χ4v) is 4.20. The lowest BCUT2D eigenvalue weighted by Crippen LogP contribution is -2.41. The van der Waals surface area contributed by atoms with Crippen LogP contribution in [0.5, 0.6) is 0 Å². The van der Waals surface area contributed by atoms with E-state index in [1.54, 1.807) is 0 Å². The number of benzene rings is 1. The molecular formula is C19H26N4OS. The SMILES string of the molecule is CCn1c(SCC(=O)N[C@@H]2CCCC[C@H]2C)nnc1-c1ccccc1. The van der Waals surface area contributed by atoms with E-state index in [1.165, 1.54) is 31.0 Å². The summed E-state index contributed by atoms with van der Waals surface area (Å²) < 4.78 is 2.07. The Morgan fingerprint density at radius 3 is 2.72 bits per heavy atom. The summed E-state index contributed by atoms with van der Waals surface area (Å²) in [5.74, 6) is 1.91. The van der Waals surface area contributed by atoms with E-state index >= 15 is 0 Å². The Bertz CT molecular complexity index is 701. The maximum absolute atomic E-state index is 12.3. The number of amides is 1. The fourth-order valence-electron chi connectivity index (χ4n) is 3.39. The number of carbonyl (C=O) groups is 1. The van der Waals surface area contributed by atoms with Crippen LogP contribution in [0.2, 0.25) is 0 Å². The topological polar surface area (TPSA) is 59.8 Å². The number of hydrogen-bond donors (Lipinski definition) is 1. The first kappa shape index (κ1) is 18.0. The van der Waals surface area contributed by atoms with E-state index in [-0.39, 0.29) is 5.91 Å². The Morgan fingerprint density at radius 1 is 1.24 bits per heavy atom. The molecule has 1 aliphatic carbocycles. The summed E-state index contributed by atoms with van der Waals surface area (Å²) in [7, 11) is 0. The van der Waals surface area contributed by atoms with E-state index in [4.69, 9.17) is 0 Å². The van der Waals surface area contributed by atoms with Gasteiger partial charge in [-0.25, -0.2) is 0 Å². The van der Waals surface area contributed by atoms with Gasteiger partial charge >= 0.3 is 0 Å². The number of thioether (sulfide) groups is 1. The molecule has 1 fully saturated rings. The maximum atomic E-state index is 12.3. The van der Waals surface area contributed by atoms with Crippen LogP contribution in [0.1, 0.15) is 39.5 Å². The zero-order valence-electron chi connectivity index (χ0n) is 14.9. The second-order valence-corrected chi connectivity index (χ2v) is 7.58. The molecule has 1 amide bonds. The molecule has 6 heteroatoms. The maximum Gasteiger partial charge on any atom is 0.230 e. The number of nitrogens with one attached hydrogen (secondary N) is 1. The Labute approximate surface area is 153 Å². The molecule has 0 bridgehead atoms. The molecule has 0 aliphatic heterocycles. The van der Waals surface area contributed by atoms with Crippen LogP contribution in [0, 0.1) is 5.92 Å². The predicted molar refractivity (Wildman–Crippen MR) is 101 cm³/mol. The van der Waals surface area contributed by atoms with Crippen molar-refractivity contribution < 1.29 is 4.79 Å². The van der Waals surface area contributed by atoms with E-state index in [9.17, 15) is 4.79 Å². The highest BCUT2D eigenvalue weighted by molar-refractivity contribution is 7.99. The van der Waals surface area contributed by atoms with Gasteiger partial charge < -0.3 is 9.88 Å². The van der Waals surface area contributed by atoms with Crippen LogP contribution in [-0.2, 0) is 11.3 Å². The van der Waals surface area contributed by atoms with E-state index in [1.807, 2.05) is 30.3 Å². The minimum atomic E-state index is 0.0932. The molecule has 0 spiro atoms. The predicted octanol–water partition coefficient (Wildman–Crippen LogP) is 3.75. The van der Waals surface area contributed by atoms with Crippen molar-refractivity contribution in [3.05, 3.63) is 30.3 Å². The third-order valence-electron chi connectivity index (χ3n) is 4.86. The van der Waals surface area contributed by atoms with Gasteiger partial charge in [0, 0.05) is 18.2 Å². The van der Waals surface area contributed by atoms with E-state index in [0.29, 0.717) is 17.7 Å². The highest BCUT2D eigenvalue weighted by atomic mass is 32.2. The summed E-state index contributed by atoms with van der Waals surface area (Å²) in [6, 6.07) is 10.4. The third kappa shape index (κ3) is 4.42. The van der Waals surface area contributed by atoms with Crippen LogP contribution >= 0.6 is 11.8 Å². The Morgan fingerprint density at radius 2 is 2.00 bits per heavy atom. The first-order valence-corrected chi connectivity index (χ1v) is 10.1. The van der Waals surface area contributed by atoms with Gasteiger partial charge in [-0.3, -0.25) is 4.79 Å². The van der Waals surface area contributed by atoms with Crippen molar-refractivity contribution in [3.63, 3.8) is 0 Å². The Kier molecular flexibility index (Phi) is 6.13. The van der Waals surface area contributed by atoms with Crippen molar-refractivity contribution in [3.8, 4) is 11.4 Å². The summed E-state index contributed by atoms with van der Waals surface area (Å²) in [6.07, 6.45) is 4.81. The minimum absolute atomic E-state index is 0.0932. The number of carbonyl (C=O) groups excluding carboxylic acids is 1. The van der Waals surface area contributed by atoms with E-state index in [0.717, 1.165) is 29.5 Å². The van der Waals surface area contributed by atoms with Crippen LogP contribution in [0.4, 0.5) is 0 Å². The number of aromatic nitrogens is 3. The molecule has 1 aromatic carbocycles. The minimum Gasteiger partial charge on any atom is -0.352 e. The largest absolute Gasteiger partial charge is 0.352 e. The van der Waals surface area contributed by atoms with E-state index < -0.39 is 0 Å². The lowest BCUT2D eigenvalue weighted by molar-refractivity contribution is -0.119. The molecule has 1 aromatic heterocycles. The van der Waals surface area contributed by atoms with Gasteiger partial charge in [-0.2, -0.15) is 0 Å². The molecule has 1 saturated carbocycles. The second-order valence-electron chi connectivity index (χ2n) is 6.64. The molecule has 0 saturated heterocycles. The molecule has 5 nitrogen and oxygen atoms in total. The molecule has 1 N–H and O–H groups in total. The molecule has 134 valence electrons. The van der Waals surface area contributed by atoms with Gasteiger partial charge in [0.2, 0.25) is 5.91 Å². The quantitative estimate of drug-likeness (QED) is 0.799. The van der Waals surface area contributed by atoms with Gasteiger partial charge in [0.25, 0.3) is 0 Å². The van der Waals surface area contributed by atoms with Crippen LogP contribution in [0.25, 0.3) is 11.4 Å². The summed E-state index contributed by atoms with van der Waals surface area (Å²) in [5, 5.41) is 12.6. The molecular weight excluding hydrogens is 332 g/mol. The molecule has 3 rings (SSSR count). The zero-order chi connectivity index (χ0) is 17.6. The molecule has 0 radical (unpaired) electrons. The number of hydrogen-bond acceptors (Lipinski definition) is 4. The lowest BCUT2D eigenvalue weighted by atomic mass is 9.86. The normalized spacial score (nSPS) is 20.4. The van der Waals surface area contributed by atoms with Crippen LogP contribution in [0.3, 0.4) is 0 Å². The van der Waals surface area contributed by atoms with Gasteiger partial charge in [0.1, 0.15) is 0 Å². The second kappa shape index (κ2) is 8.52. The summed E-state index contributed by atoms with van der Waals surface area (Å²) in [6.45, 7) is 5.08. The number of nitrogens with zero attached hydrogens (tertiary/aromatic N) is 3. The first-order chi connectivity index (χ1) is 12.2. The van der Waals surface area contributed by atoms with Gasteiger partial charge in [-0.1, -0.05) is 61.9 Å². The average Bonchev–Trinajstić information content (AvgIpc) is 3.05. The molecule has 2 aromatic rings. The highest BCUT2D eigenvalue weighted by Crippen LogP contribution is 2.25. The summed E-state index contributed by atoms with van der Waals surface area (Å²) in [4.78, 5) is 12.3. The highest BCUT2D eigenvalue weighted by Gasteiger charge is 2.23. The lowest BCUT2D eigenvalue weighted by Gasteiger charge is -2.29. The van der Waals surface area contributed by atoms with Crippen LogP contribution in [-0.4, -0.2) is 32.5 Å². The van der Waals surface area contributed by atoms with Gasteiger partial charge in [-0.15, -0.1) is 10.2 Å². The fraction of sp³-hybridized carbons (Fsp3) is 0.526. The summed E-state index contributed by atoms with van der Waals surface area (Å²) >= 11 is 1.46. The third-order valence-corrected chi connectivity index (χ3v) is 5.82. The Hall–Kier alpha value is -1.82. The molecule has 25 heavy (non-hydrogen) atoms. The van der Waals surface area contributed by atoms with Crippen molar-refractivity contribution >= 4 is 17.7 Å². The zero-order valence-corrected chi connectivity index (χ0v) is 15.8. The monoisotopic (exact) mass is 358 g/mol. The molecule has 0 unspecified atom stereocenters. The van der Waals surface area contributed by atoms with E-state index in [2.05, 4.69) is 33.9 Å². The summed E-state index contributed by atoms with van der Waals surface area (Å²) in [5.41, 5.74) is 1.05. The van der Waals surface area contributed by atoms with Crippen molar-refractivity contribution in [2.24, 2.45) is 5.92 Å². The van der Waals surface area contributed by atoms with Crippen LogP contribution < -0.4 is 5.32 Å². The van der Waals surface area contributed by atoms with Gasteiger partial charge in [0.15, 0.2) is 11.0 Å². The van der Waals surface area contributed by atoms with Crippen molar-refractivity contribution in [2.45, 2.75) is 57.3 Å². The molecule has 1 heterocycles. The first-order valence-electron chi connectivity index (χ1n) is 9.09. The Balaban J connectivity index is 1.61. The smallest absolute Gasteiger partial charge is 0.230 e. The van der Waals surface area contributed by atoms with Gasteiger partial charge in [0.05, 0.1) is 5.75 Å². The molecule has 2 atom stereocenters. The number of rotatable bonds is 6. The van der Waals surface area contributed by atoms with Gasteiger partial charge in [-0.05, 0) is 25.7 Å². The van der Waals surface area contributed by atoms with Crippen molar-refractivity contribution in [2.75, 3.05) is 5.75 Å². The molecule has 1 aliphatic rings. The van der Waals surface area contributed by atoms with Crippen molar-refractivity contribution in [1.82, 2.24) is 20.1 Å². The standard InChI is InChI=1S/C19H26N4OS/c1-3-23-18(15-10-5-4-6-11-15)21-22-19(23)25-13-17(24)20-16-12-8-7-9-14(16)2/h4-6,10-11,14,16H,3,7-9,12-13H2,1-2H3,(H,20,24)/t14-,16-/m1/s1.